The number of fused-ring (bicyclic) bond motifs is 1. The molecule has 136 valence electrons. The van der Waals surface area contributed by atoms with Gasteiger partial charge in [0.1, 0.15) is 5.75 Å². The van der Waals surface area contributed by atoms with Crippen LogP contribution < -0.4 is 15.8 Å². The molecule has 1 atom stereocenters. The highest BCUT2D eigenvalue weighted by Gasteiger charge is 2.21. The number of amides is 1. The molecule has 3 rings (SSSR count). The zero-order valence-electron chi connectivity index (χ0n) is 15.1. The molecule has 6 nitrogen and oxygen atoms in total. The zero-order chi connectivity index (χ0) is 18.5. The molecule has 0 spiro atoms. The number of benzene rings is 2. The van der Waals surface area contributed by atoms with E-state index >= 15 is 0 Å². The average Bonchev–Trinajstić information content (AvgIpc) is 2.66. The Bertz CT molecular complexity index is 817. The number of rotatable bonds is 4. The van der Waals surface area contributed by atoms with Crippen molar-refractivity contribution in [2.45, 2.75) is 19.0 Å². The lowest BCUT2D eigenvalue weighted by Crippen LogP contribution is -2.37. The molecule has 1 heterocycles. The number of hydrogen-bond donors (Lipinski definition) is 2. The molecular formula is C20H24N4O2. The number of aliphatic imine (C=N–C) groups is 1. The summed E-state index contributed by atoms with van der Waals surface area (Å²) in [5.74, 6) is 1.25. The van der Waals surface area contributed by atoms with Crippen LogP contribution in [0.4, 0.5) is 0 Å². The summed E-state index contributed by atoms with van der Waals surface area (Å²) in [4.78, 5) is 18.0. The van der Waals surface area contributed by atoms with Gasteiger partial charge in [-0.05, 0) is 23.8 Å². The molecule has 1 aliphatic rings. The fourth-order valence-electron chi connectivity index (χ4n) is 2.95. The highest BCUT2D eigenvalue weighted by molar-refractivity contribution is 5.94. The van der Waals surface area contributed by atoms with E-state index in [1.165, 1.54) is 0 Å². The largest absolute Gasteiger partial charge is 0.493 e. The molecule has 1 aliphatic heterocycles. The first-order valence-electron chi connectivity index (χ1n) is 8.63. The number of carbonyl (C=O) groups is 1. The van der Waals surface area contributed by atoms with E-state index in [1.807, 2.05) is 42.5 Å². The van der Waals surface area contributed by atoms with Crippen LogP contribution in [0, 0.1) is 0 Å². The van der Waals surface area contributed by atoms with Crippen molar-refractivity contribution < 1.29 is 9.53 Å². The van der Waals surface area contributed by atoms with Gasteiger partial charge in [-0.25, -0.2) is 4.99 Å². The van der Waals surface area contributed by atoms with Crippen LogP contribution in [-0.4, -0.2) is 37.5 Å². The van der Waals surface area contributed by atoms with E-state index in [1.54, 1.807) is 25.1 Å². The summed E-state index contributed by atoms with van der Waals surface area (Å²) in [7, 11) is 3.47. The van der Waals surface area contributed by atoms with E-state index in [-0.39, 0.29) is 11.9 Å². The Morgan fingerprint density at radius 1 is 1.27 bits per heavy atom. The summed E-state index contributed by atoms with van der Waals surface area (Å²) in [6.07, 6.45) is 0.833. The molecule has 0 aromatic heterocycles. The third kappa shape index (κ3) is 4.14. The number of hydrogen-bond acceptors (Lipinski definition) is 3. The van der Waals surface area contributed by atoms with Gasteiger partial charge < -0.3 is 20.7 Å². The molecule has 1 unspecified atom stereocenters. The summed E-state index contributed by atoms with van der Waals surface area (Å²) in [5.41, 5.74) is 8.76. The third-order valence-electron chi connectivity index (χ3n) is 4.29. The van der Waals surface area contributed by atoms with Crippen molar-refractivity contribution in [1.82, 2.24) is 10.2 Å². The number of nitrogens with zero attached hydrogens (tertiary/aromatic N) is 2. The quantitative estimate of drug-likeness (QED) is 0.654. The summed E-state index contributed by atoms with van der Waals surface area (Å²) in [6.45, 7) is 1.06. The Morgan fingerprint density at radius 2 is 2.08 bits per heavy atom. The van der Waals surface area contributed by atoms with Crippen molar-refractivity contribution in [2.75, 3.05) is 20.7 Å². The molecule has 6 heteroatoms. The first-order chi connectivity index (χ1) is 12.5. The Hall–Kier alpha value is -3.02. The maximum absolute atomic E-state index is 12.1. The maximum Gasteiger partial charge on any atom is 0.253 e. The fourth-order valence-corrected chi connectivity index (χ4v) is 2.95. The van der Waals surface area contributed by atoms with E-state index < -0.39 is 0 Å². The van der Waals surface area contributed by atoms with Crippen LogP contribution in [0.1, 0.15) is 33.9 Å². The van der Waals surface area contributed by atoms with Crippen LogP contribution in [0.25, 0.3) is 0 Å². The second kappa shape index (κ2) is 7.91. The van der Waals surface area contributed by atoms with E-state index in [0.717, 1.165) is 23.3 Å². The van der Waals surface area contributed by atoms with Gasteiger partial charge in [0, 0.05) is 31.6 Å². The number of ether oxygens (including phenoxy) is 1. The van der Waals surface area contributed by atoms with Crippen LogP contribution in [0.2, 0.25) is 0 Å². The van der Waals surface area contributed by atoms with Gasteiger partial charge in [-0.1, -0.05) is 30.3 Å². The third-order valence-corrected chi connectivity index (χ3v) is 4.29. The number of guanidine groups is 1. The number of nitrogens with two attached hydrogens (primary N) is 1. The molecule has 0 radical (unpaired) electrons. The molecule has 2 aromatic rings. The second-order valence-corrected chi connectivity index (χ2v) is 6.47. The number of nitrogens with one attached hydrogen (secondary N) is 1. The molecule has 3 N–H and O–H groups in total. The SMILES string of the molecule is CN(C)C(=O)c1cccc(CN=C(N)NC2CCOc3ccccc32)c1. The van der Waals surface area contributed by atoms with Gasteiger partial charge in [0.15, 0.2) is 5.96 Å². The monoisotopic (exact) mass is 352 g/mol. The smallest absolute Gasteiger partial charge is 0.253 e. The predicted octanol–water partition coefficient (Wildman–Crippen LogP) is 2.32. The van der Waals surface area contributed by atoms with E-state index in [0.29, 0.717) is 24.7 Å². The second-order valence-electron chi connectivity index (χ2n) is 6.47. The van der Waals surface area contributed by atoms with Gasteiger partial charge in [0.05, 0.1) is 19.2 Å². The van der Waals surface area contributed by atoms with Gasteiger partial charge in [0.2, 0.25) is 0 Å². The molecule has 0 saturated heterocycles. The van der Waals surface area contributed by atoms with Crippen molar-refractivity contribution in [3.63, 3.8) is 0 Å². The van der Waals surface area contributed by atoms with Gasteiger partial charge in [-0.3, -0.25) is 4.79 Å². The Labute approximate surface area is 153 Å². The molecule has 0 saturated carbocycles. The van der Waals surface area contributed by atoms with Gasteiger partial charge in [-0.2, -0.15) is 0 Å². The van der Waals surface area contributed by atoms with Crippen LogP contribution in [0.15, 0.2) is 53.5 Å². The maximum atomic E-state index is 12.1. The topological polar surface area (TPSA) is 80.0 Å². The highest BCUT2D eigenvalue weighted by Crippen LogP contribution is 2.31. The van der Waals surface area contributed by atoms with Crippen molar-refractivity contribution in [3.05, 3.63) is 65.2 Å². The van der Waals surface area contributed by atoms with Gasteiger partial charge in [-0.15, -0.1) is 0 Å². The van der Waals surface area contributed by atoms with E-state index in [9.17, 15) is 4.79 Å². The standard InChI is InChI=1S/C20H24N4O2/c1-24(2)19(25)15-7-5-6-14(12-15)13-22-20(21)23-17-10-11-26-18-9-4-3-8-16(17)18/h3-9,12,17H,10-11,13H2,1-2H3,(H3,21,22,23). The minimum absolute atomic E-state index is 0.0271. The van der Waals surface area contributed by atoms with Gasteiger partial charge in [0.25, 0.3) is 5.91 Å². The van der Waals surface area contributed by atoms with Crippen molar-refractivity contribution in [1.29, 1.82) is 0 Å². The van der Waals surface area contributed by atoms with Crippen LogP contribution in [0.3, 0.4) is 0 Å². The lowest BCUT2D eigenvalue weighted by molar-refractivity contribution is 0.0827. The summed E-state index contributed by atoms with van der Waals surface area (Å²) in [5, 5.41) is 3.27. The van der Waals surface area contributed by atoms with Crippen LogP contribution >= 0.6 is 0 Å². The molecule has 0 aliphatic carbocycles. The molecule has 2 aromatic carbocycles. The minimum atomic E-state index is -0.0271. The molecular weight excluding hydrogens is 328 g/mol. The first kappa shape index (κ1) is 17.8. The number of para-hydroxylation sites is 1. The van der Waals surface area contributed by atoms with Crippen molar-refractivity contribution in [2.24, 2.45) is 10.7 Å². The molecule has 1 amide bonds. The fraction of sp³-hybridized carbons (Fsp3) is 0.300. The van der Waals surface area contributed by atoms with Crippen LogP contribution in [-0.2, 0) is 6.54 Å². The van der Waals surface area contributed by atoms with Crippen LogP contribution in [0.5, 0.6) is 5.75 Å². The molecule has 26 heavy (non-hydrogen) atoms. The number of carbonyl (C=O) groups excluding carboxylic acids is 1. The van der Waals surface area contributed by atoms with Gasteiger partial charge >= 0.3 is 0 Å². The predicted molar refractivity (Wildman–Crippen MR) is 102 cm³/mol. The zero-order valence-corrected chi connectivity index (χ0v) is 15.1. The lowest BCUT2D eigenvalue weighted by Gasteiger charge is -2.26. The van der Waals surface area contributed by atoms with E-state index in [2.05, 4.69) is 10.3 Å². The molecule has 0 bridgehead atoms. The van der Waals surface area contributed by atoms with E-state index in [4.69, 9.17) is 10.5 Å². The summed E-state index contributed by atoms with van der Waals surface area (Å²) < 4.78 is 5.66. The summed E-state index contributed by atoms with van der Waals surface area (Å²) in [6, 6.07) is 15.5. The highest BCUT2D eigenvalue weighted by atomic mass is 16.5. The molecule has 0 fully saturated rings. The average molecular weight is 352 g/mol. The summed E-state index contributed by atoms with van der Waals surface area (Å²) >= 11 is 0. The lowest BCUT2D eigenvalue weighted by atomic mass is 10.0. The Balaban J connectivity index is 1.67. The first-order valence-corrected chi connectivity index (χ1v) is 8.63. The Morgan fingerprint density at radius 3 is 2.88 bits per heavy atom. The Kier molecular flexibility index (Phi) is 5.41. The van der Waals surface area contributed by atoms with Crippen molar-refractivity contribution in [3.8, 4) is 5.75 Å². The normalized spacial score (nSPS) is 16.4. The minimum Gasteiger partial charge on any atom is -0.493 e. The van der Waals surface area contributed by atoms with Crippen molar-refractivity contribution >= 4 is 11.9 Å².